The third-order valence-corrected chi connectivity index (χ3v) is 3.53. The van der Waals surface area contributed by atoms with Crippen LogP contribution in [-0.4, -0.2) is 26.8 Å². The fraction of sp³-hybridized carbons (Fsp3) is 0.429. The molecule has 0 spiro atoms. The van der Waals surface area contributed by atoms with E-state index in [1.807, 2.05) is 26.8 Å². The number of pyridine rings is 1. The maximum atomic E-state index is 12.3. The van der Waals surface area contributed by atoms with Gasteiger partial charge in [0.2, 0.25) is 5.13 Å². The normalized spacial score (nSPS) is 10.7. The van der Waals surface area contributed by atoms with Gasteiger partial charge in [0, 0.05) is 29.3 Å². The summed E-state index contributed by atoms with van der Waals surface area (Å²) in [5, 5.41) is 6.42. The molecule has 2 aromatic rings. The zero-order chi connectivity index (χ0) is 15.4. The van der Waals surface area contributed by atoms with Crippen molar-refractivity contribution in [2.75, 3.05) is 17.2 Å². The first-order valence-corrected chi connectivity index (χ1v) is 7.64. The molecule has 112 valence electrons. The van der Waals surface area contributed by atoms with Crippen molar-refractivity contribution in [1.82, 2.24) is 14.3 Å². The highest BCUT2D eigenvalue weighted by Gasteiger charge is 2.13. The van der Waals surface area contributed by atoms with Gasteiger partial charge in [0.15, 0.2) is 0 Å². The largest absolute Gasteiger partial charge is 0.370 e. The van der Waals surface area contributed by atoms with E-state index < -0.39 is 0 Å². The summed E-state index contributed by atoms with van der Waals surface area (Å²) in [5.74, 6) is 1.41. The highest BCUT2D eigenvalue weighted by Crippen LogP contribution is 2.19. The topological polar surface area (TPSA) is 79.8 Å². The van der Waals surface area contributed by atoms with Gasteiger partial charge in [0.05, 0.1) is 0 Å². The summed E-state index contributed by atoms with van der Waals surface area (Å²) in [4.78, 5) is 21.0. The smallest absolute Gasteiger partial charge is 0.257 e. The first-order valence-electron chi connectivity index (χ1n) is 6.87. The molecule has 1 amide bonds. The van der Waals surface area contributed by atoms with Crippen LogP contribution in [0.25, 0.3) is 0 Å². The molecule has 0 radical (unpaired) electrons. The molecule has 2 rings (SSSR count). The molecular formula is C14H19N5OS. The summed E-state index contributed by atoms with van der Waals surface area (Å²) < 4.78 is 4.05. The van der Waals surface area contributed by atoms with Crippen molar-refractivity contribution in [2.45, 2.75) is 33.6 Å². The number of nitrogens with one attached hydrogen (secondary N) is 2. The molecule has 0 fully saturated rings. The zero-order valence-electron chi connectivity index (χ0n) is 12.6. The van der Waals surface area contributed by atoms with Gasteiger partial charge in [-0.05, 0) is 31.9 Å². The van der Waals surface area contributed by atoms with E-state index in [1.54, 1.807) is 13.0 Å². The van der Waals surface area contributed by atoms with Crippen LogP contribution < -0.4 is 10.6 Å². The monoisotopic (exact) mass is 305 g/mol. The van der Waals surface area contributed by atoms with Gasteiger partial charge < -0.3 is 5.32 Å². The van der Waals surface area contributed by atoms with Gasteiger partial charge in [-0.1, -0.05) is 13.8 Å². The number of hydrogen-bond donors (Lipinski definition) is 2. The third kappa shape index (κ3) is 3.98. The molecule has 2 N–H and O–H groups in total. The molecule has 0 saturated heterocycles. The van der Waals surface area contributed by atoms with Gasteiger partial charge in [-0.25, -0.2) is 9.97 Å². The Bertz CT molecular complexity index is 638. The second kappa shape index (κ2) is 6.62. The van der Waals surface area contributed by atoms with Crippen molar-refractivity contribution in [3.63, 3.8) is 0 Å². The lowest BCUT2D eigenvalue weighted by atomic mass is 10.1. The van der Waals surface area contributed by atoms with Gasteiger partial charge in [-0.2, -0.15) is 4.37 Å². The van der Waals surface area contributed by atoms with E-state index in [4.69, 9.17) is 0 Å². The van der Waals surface area contributed by atoms with Crippen LogP contribution in [0.3, 0.4) is 0 Å². The molecule has 2 aromatic heterocycles. The number of aromatic nitrogens is 3. The van der Waals surface area contributed by atoms with E-state index in [-0.39, 0.29) is 11.8 Å². The Morgan fingerprint density at radius 3 is 2.67 bits per heavy atom. The number of nitrogens with zero attached hydrogens (tertiary/aromatic N) is 3. The van der Waals surface area contributed by atoms with Crippen LogP contribution in [0.1, 0.15) is 48.6 Å². The molecule has 0 bridgehead atoms. The van der Waals surface area contributed by atoms with Crippen molar-refractivity contribution in [1.29, 1.82) is 0 Å². The summed E-state index contributed by atoms with van der Waals surface area (Å²) >= 11 is 1.17. The number of carbonyl (C=O) groups excluding carboxylic acids is 1. The quantitative estimate of drug-likeness (QED) is 0.887. The first kappa shape index (κ1) is 15.4. The summed E-state index contributed by atoms with van der Waals surface area (Å²) in [6.45, 7) is 8.64. The first-order chi connectivity index (χ1) is 9.99. The van der Waals surface area contributed by atoms with Crippen LogP contribution >= 0.6 is 11.5 Å². The van der Waals surface area contributed by atoms with E-state index in [2.05, 4.69) is 25.0 Å². The maximum Gasteiger partial charge on any atom is 0.257 e. The standard InChI is InChI=1S/C14H19N5OS/c1-5-15-12-7-10(6-11(17-12)8(2)3)13(20)18-14-16-9(4)19-21-14/h6-8H,5H2,1-4H3,(H,15,17)(H,16,18,19,20). The minimum atomic E-state index is -0.199. The average Bonchev–Trinajstić information content (AvgIpc) is 2.84. The molecule has 0 aliphatic carbocycles. The fourth-order valence-corrected chi connectivity index (χ4v) is 2.34. The number of rotatable bonds is 5. The van der Waals surface area contributed by atoms with Crippen LogP contribution in [0.2, 0.25) is 0 Å². The fourth-order valence-electron chi connectivity index (χ4n) is 1.77. The molecule has 0 unspecified atom stereocenters. The van der Waals surface area contributed by atoms with Crippen molar-refractivity contribution < 1.29 is 4.79 Å². The predicted octanol–water partition coefficient (Wildman–Crippen LogP) is 3.05. The highest BCUT2D eigenvalue weighted by molar-refractivity contribution is 7.09. The summed E-state index contributed by atoms with van der Waals surface area (Å²) in [6, 6.07) is 3.56. The molecular weight excluding hydrogens is 286 g/mol. The van der Waals surface area contributed by atoms with Gasteiger partial charge in [-0.3, -0.25) is 10.1 Å². The van der Waals surface area contributed by atoms with Crippen LogP contribution in [0.15, 0.2) is 12.1 Å². The minimum Gasteiger partial charge on any atom is -0.370 e. The van der Waals surface area contributed by atoms with Crippen LogP contribution in [0.4, 0.5) is 10.9 Å². The third-order valence-electron chi connectivity index (χ3n) is 2.80. The van der Waals surface area contributed by atoms with Gasteiger partial charge in [0.1, 0.15) is 11.6 Å². The summed E-state index contributed by atoms with van der Waals surface area (Å²) in [5.41, 5.74) is 1.45. The van der Waals surface area contributed by atoms with Gasteiger partial charge >= 0.3 is 0 Å². The minimum absolute atomic E-state index is 0.199. The highest BCUT2D eigenvalue weighted by atomic mass is 32.1. The molecule has 0 saturated carbocycles. The summed E-state index contributed by atoms with van der Waals surface area (Å²) in [6.07, 6.45) is 0. The van der Waals surface area contributed by atoms with Crippen LogP contribution in [0.5, 0.6) is 0 Å². The SMILES string of the molecule is CCNc1cc(C(=O)Nc2nc(C)ns2)cc(C(C)C)n1. The molecule has 7 heteroatoms. The summed E-state index contributed by atoms with van der Waals surface area (Å²) in [7, 11) is 0. The Hall–Kier alpha value is -2.02. The molecule has 0 aliphatic heterocycles. The second-order valence-electron chi connectivity index (χ2n) is 4.95. The average molecular weight is 305 g/mol. The Kier molecular flexibility index (Phi) is 4.85. The molecule has 0 aliphatic rings. The zero-order valence-corrected chi connectivity index (χ0v) is 13.4. The molecule has 0 atom stereocenters. The lowest BCUT2D eigenvalue weighted by molar-refractivity contribution is 0.102. The molecule has 2 heterocycles. The van der Waals surface area contributed by atoms with Crippen molar-refractivity contribution in [3.8, 4) is 0 Å². The molecule has 0 aromatic carbocycles. The van der Waals surface area contributed by atoms with E-state index in [0.29, 0.717) is 22.3 Å². The predicted molar refractivity (Wildman–Crippen MR) is 85.1 cm³/mol. The van der Waals surface area contributed by atoms with E-state index in [0.717, 1.165) is 12.2 Å². The molecule has 6 nitrogen and oxygen atoms in total. The number of anilines is 2. The second-order valence-corrected chi connectivity index (χ2v) is 5.70. The van der Waals surface area contributed by atoms with E-state index >= 15 is 0 Å². The van der Waals surface area contributed by atoms with Crippen LogP contribution in [-0.2, 0) is 0 Å². The van der Waals surface area contributed by atoms with Crippen molar-refractivity contribution >= 4 is 28.4 Å². The number of carbonyl (C=O) groups is 1. The molecule has 21 heavy (non-hydrogen) atoms. The van der Waals surface area contributed by atoms with Crippen molar-refractivity contribution in [2.24, 2.45) is 0 Å². The van der Waals surface area contributed by atoms with E-state index in [1.165, 1.54) is 11.5 Å². The number of aryl methyl sites for hydroxylation is 1. The van der Waals surface area contributed by atoms with Crippen molar-refractivity contribution in [3.05, 3.63) is 29.2 Å². The van der Waals surface area contributed by atoms with E-state index in [9.17, 15) is 4.79 Å². The lowest BCUT2D eigenvalue weighted by Crippen LogP contribution is -2.14. The Balaban J connectivity index is 2.26. The van der Waals surface area contributed by atoms with Crippen LogP contribution in [0, 0.1) is 6.92 Å². The Labute approximate surface area is 128 Å². The number of amides is 1. The maximum absolute atomic E-state index is 12.3. The van der Waals surface area contributed by atoms with Gasteiger partial charge in [0.25, 0.3) is 5.91 Å². The Morgan fingerprint density at radius 1 is 1.33 bits per heavy atom. The van der Waals surface area contributed by atoms with Gasteiger partial charge in [-0.15, -0.1) is 0 Å². The Morgan fingerprint density at radius 2 is 2.10 bits per heavy atom. The lowest BCUT2D eigenvalue weighted by Gasteiger charge is -2.11. The number of hydrogen-bond acceptors (Lipinski definition) is 6.